The number of hydrogen-bond donors (Lipinski definition) is 2. The van der Waals surface area contributed by atoms with Crippen LogP contribution < -0.4 is 5.32 Å². The zero-order chi connectivity index (χ0) is 31.8. The van der Waals surface area contributed by atoms with Crippen molar-refractivity contribution < 1.29 is 14.7 Å². The maximum absolute atomic E-state index is 13.9. The topological polar surface area (TPSA) is 82.0 Å². The van der Waals surface area contributed by atoms with Gasteiger partial charge < -0.3 is 10.4 Å². The Morgan fingerprint density at radius 1 is 0.867 bits per heavy atom. The fraction of sp³-hybridized carbons (Fsp3) is 0.308. The largest absolute Gasteiger partial charge is 0.479 e. The van der Waals surface area contributed by atoms with Gasteiger partial charge in [-0.3, -0.25) is 14.7 Å². The molecule has 0 unspecified atom stereocenters. The maximum Gasteiger partial charge on any atom is 0.332 e. The molecule has 4 aromatic carbocycles. The van der Waals surface area contributed by atoms with Crippen molar-refractivity contribution in [2.24, 2.45) is 10.9 Å². The summed E-state index contributed by atoms with van der Waals surface area (Å²) in [6, 6.07) is 37.0. The quantitative estimate of drug-likeness (QED) is 0.162. The van der Waals surface area contributed by atoms with E-state index in [2.05, 4.69) is 22.3 Å². The van der Waals surface area contributed by atoms with Gasteiger partial charge in [0.15, 0.2) is 5.54 Å². The molecular weight excluding hydrogens is 558 g/mol. The van der Waals surface area contributed by atoms with Gasteiger partial charge in [-0.15, -0.1) is 0 Å². The summed E-state index contributed by atoms with van der Waals surface area (Å²) >= 11 is 0. The molecule has 0 spiro atoms. The van der Waals surface area contributed by atoms with Crippen LogP contribution in [0.5, 0.6) is 0 Å². The van der Waals surface area contributed by atoms with Gasteiger partial charge in [0.1, 0.15) is 0 Å². The zero-order valence-corrected chi connectivity index (χ0v) is 26.4. The fourth-order valence-corrected chi connectivity index (χ4v) is 6.50. The van der Waals surface area contributed by atoms with Gasteiger partial charge in [-0.1, -0.05) is 130 Å². The Hall–Kier alpha value is -4.55. The average Bonchev–Trinajstić information content (AvgIpc) is 3.52. The van der Waals surface area contributed by atoms with Crippen molar-refractivity contribution in [3.63, 3.8) is 0 Å². The molecule has 3 atom stereocenters. The summed E-state index contributed by atoms with van der Waals surface area (Å²) in [6.45, 7) is 7.59. The lowest BCUT2D eigenvalue weighted by molar-refractivity contribution is -0.144. The minimum absolute atomic E-state index is 0.0624. The number of nitrogens with one attached hydrogen (secondary N) is 1. The highest BCUT2D eigenvalue weighted by molar-refractivity contribution is 6.18. The molecule has 6 nitrogen and oxygen atoms in total. The lowest BCUT2D eigenvalue weighted by Crippen LogP contribution is -2.44. The molecule has 1 aliphatic rings. The summed E-state index contributed by atoms with van der Waals surface area (Å²) in [5, 5.41) is 14.2. The average molecular weight is 602 g/mol. The summed E-state index contributed by atoms with van der Waals surface area (Å²) in [5.74, 6) is -1.37. The van der Waals surface area contributed by atoms with Gasteiger partial charge in [0, 0.05) is 23.6 Å². The van der Waals surface area contributed by atoms with Crippen LogP contribution in [0.2, 0.25) is 0 Å². The van der Waals surface area contributed by atoms with Gasteiger partial charge in [-0.2, -0.15) is 0 Å². The number of carbonyl (C=O) groups is 2. The molecule has 0 aliphatic carbocycles. The molecule has 45 heavy (non-hydrogen) atoms. The molecule has 1 amide bonds. The number of carboxylic acids is 1. The Balaban J connectivity index is 1.57. The van der Waals surface area contributed by atoms with Crippen LogP contribution in [0.4, 0.5) is 5.69 Å². The van der Waals surface area contributed by atoms with Crippen molar-refractivity contribution in [3.05, 3.63) is 138 Å². The minimum Gasteiger partial charge on any atom is -0.479 e. The van der Waals surface area contributed by atoms with E-state index < -0.39 is 17.4 Å². The SMILES string of the molecule is CC(C)C[C@](N=C(c1ccccc1)c1ccccc1NC(=O)[C@@H]1CCCN1Cc1ccccc1)(C(=O)O)[C@H](C)c1ccccc1. The second-order valence-corrected chi connectivity index (χ2v) is 12.4. The van der Waals surface area contributed by atoms with E-state index in [-0.39, 0.29) is 17.9 Å². The van der Waals surface area contributed by atoms with Gasteiger partial charge >= 0.3 is 5.97 Å². The van der Waals surface area contributed by atoms with Crippen LogP contribution in [0.25, 0.3) is 0 Å². The Bertz CT molecular complexity index is 1600. The van der Waals surface area contributed by atoms with Crippen molar-refractivity contribution in [2.75, 3.05) is 11.9 Å². The van der Waals surface area contributed by atoms with Crippen LogP contribution in [0.1, 0.15) is 68.2 Å². The molecule has 0 aromatic heterocycles. The highest BCUT2D eigenvalue weighted by atomic mass is 16.4. The highest BCUT2D eigenvalue weighted by Gasteiger charge is 2.45. The number of para-hydroxylation sites is 1. The van der Waals surface area contributed by atoms with Crippen LogP contribution >= 0.6 is 0 Å². The van der Waals surface area contributed by atoms with Crippen LogP contribution in [0.3, 0.4) is 0 Å². The number of rotatable bonds is 12. The predicted octanol–water partition coefficient (Wildman–Crippen LogP) is 7.80. The minimum atomic E-state index is -1.45. The Labute approximate surface area is 266 Å². The van der Waals surface area contributed by atoms with E-state index in [0.29, 0.717) is 29.9 Å². The summed E-state index contributed by atoms with van der Waals surface area (Å²) < 4.78 is 0. The van der Waals surface area contributed by atoms with E-state index in [1.54, 1.807) is 0 Å². The molecule has 232 valence electrons. The summed E-state index contributed by atoms with van der Waals surface area (Å²) in [6.07, 6.45) is 2.09. The summed E-state index contributed by atoms with van der Waals surface area (Å²) in [7, 11) is 0. The van der Waals surface area contributed by atoms with Crippen molar-refractivity contribution >= 4 is 23.3 Å². The number of anilines is 1. The van der Waals surface area contributed by atoms with E-state index in [9.17, 15) is 14.7 Å². The first-order valence-corrected chi connectivity index (χ1v) is 15.9. The number of amides is 1. The molecule has 1 aliphatic heterocycles. The lowest BCUT2D eigenvalue weighted by Gasteiger charge is -2.35. The monoisotopic (exact) mass is 601 g/mol. The molecule has 6 heteroatoms. The predicted molar refractivity (Wildman–Crippen MR) is 182 cm³/mol. The van der Waals surface area contributed by atoms with E-state index in [4.69, 9.17) is 4.99 Å². The Kier molecular flexibility index (Phi) is 10.3. The number of aliphatic imine (C=N–C) groups is 1. The summed E-state index contributed by atoms with van der Waals surface area (Å²) in [5.41, 5.74) is 3.30. The fourth-order valence-electron chi connectivity index (χ4n) is 6.50. The third kappa shape index (κ3) is 7.40. The molecule has 4 aromatic rings. The van der Waals surface area contributed by atoms with Gasteiger partial charge in [0.2, 0.25) is 5.91 Å². The van der Waals surface area contributed by atoms with Crippen molar-refractivity contribution in [2.45, 2.75) is 64.1 Å². The molecule has 2 N–H and O–H groups in total. The van der Waals surface area contributed by atoms with Crippen molar-refractivity contribution in [1.82, 2.24) is 4.90 Å². The third-order valence-electron chi connectivity index (χ3n) is 8.80. The molecule has 0 saturated carbocycles. The van der Waals surface area contributed by atoms with Gasteiger partial charge in [-0.05, 0) is 48.9 Å². The second-order valence-electron chi connectivity index (χ2n) is 12.4. The maximum atomic E-state index is 13.9. The first-order valence-electron chi connectivity index (χ1n) is 15.9. The van der Waals surface area contributed by atoms with Crippen LogP contribution in [-0.2, 0) is 16.1 Å². The third-order valence-corrected chi connectivity index (χ3v) is 8.80. The molecular formula is C39H43N3O3. The van der Waals surface area contributed by atoms with Crippen molar-refractivity contribution in [1.29, 1.82) is 0 Å². The van der Waals surface area contributed by atoms with Crippen LogP contribution in [-0.4, -0.2) is 45.7 Å². The standard InChI is InChI=1S/C39H43N3O3/c1-28(2)26-39(38(44)45,29(3)31-18-9-5-10-19-31)41-36(32-20-11-6-12-21-32)33-22-13-14-23-34(33)40-37(43)35-24-15-25-42(35)27-30-16-7-4-8-17-30/h4-14,16-23,28-29,35H,15,24-27H2,1-3H3,(H,40,43)(H,44,45)/t29-,35+,39-/m1/s1. The van der Waals surface area contributed by atoms with E-state index in [0.717, 1.165) is 30.5 Å². The van der Waals surface area contributed by atoms with Gasteiger partial charge in [0.05, 0.1) is 17.4 Å². The number of hydrogen-bond acceptors (Lipinski definition) is 4. The van der Waals surface area contributed by atoms with Crippen LogP contribution in [0, 0.1) is 5.92 Å². The van der Waals surface area contributed by atoms with E-state index in [1.165, 1.54) is 5.56 Å². The molecule has 5 rings (SSSR count). The molecule has 0 bridgehead atoms. The van der Waals surface area contributed by atoms with Gasteiger partial charge in [-0.25, -0.2) is 4.79 Å². The number of likely N-dealkylation sites (tertiary alicyclic amines) is 1. The molecule has 1 saturated heterocycles. The second kappa shape index (κ2) is 14.5. The normalized spacial score (nSPS) is 17.5. The lowest BCUT2D eigenvalue weighted by atomic mass is 9.75. The van der Waals surface area contributed by atoms with Crippen LogP contribution in [0.15, 0.2) is 120 Å². The van der Waals surface area contributed by atoms with Crippen molar-refractivity contribution in [3.8, 4) is 0 Å². The number of nitrogens with zero attached hydrogens (tertiary/aromatic N) is 2. The Morgan fingerprint density at radius 3 is 2.11 bits per heavy atom. The first-order chi connectivity index (χ1) is 21.8. The number of benzene rings is 4. The van der Waals surface area contributed by atoms with E-state index in [1.807, 2.05) is 124 Å². The molecule has 0 radical (unpaired) electrons. The first kappa shape index (κ1) is 31.9. The zero-order valence-electron chi connectivity index (χ0n) is 26.4. The molecule has 1 heterocycles. The Morgan fingerprint density at radius 2 is 1.47 bits per heavy atom. The molecule has 1 fully saturated rings. The van der Waals surface area contributed by atoms with Gasteiger partial charge in [0.25, 0.3) is 0 Å². The highest BCUT2D eigenvalue weighted by Crippen LogP contribution is 2.39. The smallest absolute Gasteiger partial charge is 0.332 e. The summed E-state index contributed by atoms with van der Waals surface area (Å²) in [4.78, 5) is 34.8. The number of aliphatic carboxylic acids is 1. The number of carbonyl (C=O) groups excluding carboxylic acids is 1. The number of carboxylic acid groups (broad SMARTS) is 1. The van der Waals surface area contributed by atoms with E-state index >= 15 is 0 Å².